The standard InChI is InChI=1S/C18H30N4O2/c1-3-15(24-14-7-4-6-13(2)12-14)18(23)19-10-9-17-21-20-16-8-5-11-22(16)17/h13-15H,3-12H2,1-2H3,(H,19,23)/t13-,14+,15+/m1/s1. The fourth-order valence-corrected chi connectivity index (χ4v) is 3.88. The molecule has 1 amide bonds. The van der Waals surface area contributed by atoms with Crippen LogP contribution < -0.4 is 5.32 Å². The van der Waals surface area contributed by atoms with Crippen LogP contribution in [0.15, 0.2) is 0 Å². The highest BCUT2D eigenvalue weighted by molar-refractivity contribution is 5.80. The van der Waals surface area contributed by atoms with E-state index in [2.05, 4.69) is 27.0 Å². The van der Waals surface area contributed by atoms with E-state index in [1.54, 1.807) is 0 Å². The van der Waals surface area contributed by atoms with E-state index in [4.69, 9.17) is 4.74 Å². The summed E-state index contributed by atoms with van der Waals surface area (Å²) in [5.74, 6) is 2.78. The van der Waals surface area contributed by atoms with Gasteiger partial charge in [0.05, 0.1) is 6.10 Å². The average molecular weight is 334 g/mol. The van der Waals surface area contributed by atoms with Gasteiger partial charge < -0.3 is 14.6 Å². The molecule has 1 aliphatic carbocycles. The molecule has 0 aromatic carbocycles. The molecular weight excluding hydrogens is 304 g/mol. The largest absolute Gasteiger partial charge is 0.365 e. The Balaban J connectivity index is 1.44. The summed E-state index contributed by atoms with van der Waals surface area (Å²) in [5.41, 5.74) is 0. The summed E-state index contributed by atoms with van der Waals surface area (Å²) in [7, 11) is 0. The Hall–Kier alpha value is -1.43. The van der Waals surface area contributed by atoms with Crippen molar-refractivity contribution in [3.8, 4) is 0 Å². The highest BCUT2D eigenvalue weighted by Crippen LogP contribution is 2.27. The lowest BCUT2D eigenvalue weighted by atomic mass is 9.88. The molecule has 6 nitrogen and oxygen atoms in total. The van der Waals surface area contributed by atoms with Gasteiger partial charge in [0.2, 0.25) is 5.91 Å². The van der Waals surface area contributed by atoms with Crippen molar-refractivity contribution in [1.82, 2.24) is 20.1 Å². The lowest BCUT2D eigenvalue weighted by molar-refractivity contribution is -0.139. The van der Waals surface area contributed by atoms with Crippen molar-refractivity contribution in [1.29, 1.82) is 0 Å². The number of carbonyl (C=O) groups excluding carboxylic acids is 1. The van der Waals surface area contributed by atoms with E-state index >= 15 is 0 Å². The van der Waals surface area contributed by atoms with Crippen LogP contribution in [0.4, 0.5) is 0 Å². The lowest BCUT2D eigenvalue weighted by Crippen LogP contribution is -2.40. The molecule has 2 heterocycles. The molecule has 2 aliphatic rings. The molecule has 0 saturated heterocycles. The minimum atomic E-state index is -0.329. The predicted octanol–water partition coefficient (Wildman–Crippen LogP) is 2.26. The van der Waals surface area contributed by atoms with Crippen LogP contribution in [0.2, 0.25) is 0 Å². The molecule has 1 aromatic heterocycles. The molecule has 0 radical (unpaired) electrons. The second kappa shape index (κ2) is 8.10. The van der Waals surface area contributed by atoms with Crippen LogP contribution in [-0.2, 0) is 28.9 Å². The summed E-state index contributed by atoms with van der Waals surface area (Å²) in [5, 5.41) is 11.5. The summed E-state index contributed by atoms with van der Waals surface area (Å²) in [4.78, 5) is 12.4. The van der Waals surface area contributed by atoms with Crippen LogP contribution in [0.1, 0.15) is 64.0 Å². The average Bonchev–Trinajstić information content (AvgIpc) is 3.17. The number of hydrogen-bond acceptors (Lipinski definition) is 4. The molecule has 1 aromatic rings. The van der Waals surface area contributed by atoms with E-state index in [9.17, 15) is 4.79 Å². The first kappa shape index (κ1) is 17.4. The summed E-state index contributed by atoms with van der Waals surface area (Å²) < 4.78 is 8.27. The molecule has 0 spiro atoms. The van der Waals surface area contributed by atoms with Gasteiger partial charge in [0.1, 0.15) is 17.8 Å². The highest BCUT2D eigenvalue weighted by Gasteiger charge is 2.26. The molecule has 6 heteroatoms. The van der Waals surface area contributed by atoms with Gasteiger partial charge in [0, 0.05) is 25.9 Å². The van der Waals surface area contributed by atoms with Crippen molar-refractivity contribution in [3.05, 3.63) is 11.6 Å². The normalized spacial score (nSPS) is 24.6. The topological polar surface area (TPSA) is 69.0 Å². The predicted molar refractivity (Wildman–Crippen MR) is 91.6 cm³/mol. The van der Waals surface area contributed by atoms with Crippen LogP contribution in [0.25, 0.3) is 0 Å². The maximum Gasteiger partial charge on any atom is 0.249 e. The number of nitrogens with zero attached hydrogens (tertiary/aromatic N) is 3. The summed E-state index contributed by atoms with van der Waals surface area (Å²) in [6.07, 6.45) is 8.19. The number of carbonyl (C=O) groups is 1. The van der Waals surface area contributed by atoms with Crippen LogP contribution >= 0.6 is 0 Å². The van der Waals surface area contributed by atoms with Gasteiger partial charge in [-0.1, -0.05) is 26.7 Å². The van der Waals surface area contributed by atoms with Crippen molar-refractivity contribution < 1.29 is 9.53 Å². The molecule has 0 bridgehead atoms. The molecular formula is C18H30N4O2. The van der Waals surface area contributed by atoms with Crippen LogP contribution in [0, 0.1) is 5.92 Å². The SMILES string of the molecule is CC[C@H](O[C@H]1CCC[C@@H](C)C1)C(=O)NCCc1nnc2n1CCC2. The van der Waals surface area contributed by atoms with Crippen LogP contribution in [0.3, 0.4) is 0 Å². The monoisotopic (exact) mass is 334 g/mol. The Morgan fingerprint density at radius 1 is 1.38 bits per heavy atom. The van der Waals surface area contributed by atoms with E-state index in [1.807, 2.05) is 6.92 Å². The molecule has 1 fully saturated rings. The first-order valence-electron chi connectivity index (χ1n) is 9.51. The maximum atomic E-state index is 12.4. The molecule has 24 heavy (non-hydrogen) atoms. The van der Waals surface area contributed by atoms with Crippen molar-refractivity contribution >= 4 is 5.91 Å². The quantitative estimate of drug-likeness (QED) is 0.830. The first-order chi connectivity index (χ1) is 11.7. The van der Waals surface area contributed by atoms with Gasteiger partial charge in [-0.3, -0.25) is 4.79 Å². The van der Waals surface area contributed by atoms with Crippen molar-refractivity contribution in [2.45, 2.75) is 84.0 Å². The highest BCUT2D eigenvalue weighted by atomic mass is 16.5. The Morgan fingerprint density at radius 2 is 2.25 bits per heavy atom. The van der Waals surface area contributed by atoms with Gasteiger partial charge in [-0.05, 0) is 31.6 Å². The van der Waals surface area contributed by atoms with Crippen molar-refractivity contribution in [2.75, 3.05) is 6.54 Å². The number of ether oxygens (including phenoxy) is 1. The number of hydrogen-bond donors (Lipinski definition) is 1. The fourth-order valence-electron chi connectivity index (χ4n) is 3.88. The summed E-state index contributed by atoms with van der Waals surface area (Å²) in [6, 6.07) is 0. The van der Waals surface area contributed by atoms with Crippen LogP contribution in [0.5, 0.6) is 0 Å². The molecule has 1 N–H and O–H groups in total. The summed E-state index contributed by atoms with van der Waals surface area (Å²) in [6.45, 7) is 5.89. The molecule has 0 unspecified atom stereocenters. The second-order valence-corrected chi connectivity index (χ2v) is 7.26. The zero-order valence-electron chi connectivity index (χ0n) is 15.0. The van der Waals surface area contributed by atoms with E-state index in [0.717, 1.165) is 56.7 Å². The number of aryl methyl sites for hydroxylation is 1. The van der Waals surface area contributed by atoms with Gasteiger partial charge in [0.25, 0.3) is 0 Å². The maximum absolute atomic E-state index is 12.4. The van der Waals surface area contributed by atoms with E-state index in [-0.39, 0.29) is 18.1 Å². The Morgan fingerprint density at radius 3 is 3.04 bits per heavy atom. The molecule has 3 rings (SSSR count). The third-order valence-corrected chi connectivity index (χ3v) is 5.24. The number of fused-ring (bicyclic) bond motifs is 1. The van der Waals surface area contributed by atoms with Gasteiger partial charge in [-0.15, -0.1) is 10.2 Å². The molecule has 3 atom stereocenters. The first-order valence-corrected chi connectivity index (χ1v) is 9.51. The third-order valence-electron chi connectivity index (χ3n) is 5.24. The second-order valence-electron chi connectivity index (χ2n) is 7.26. The zero-order chi connectivity index (χ0) is 16.9. The number of aromatic nitrogens is 3. The Kier molecular flexibility index (Phi) is 5.87. The minimum Gasteiger partial charge on any atom is -0.365 e. The third kappa shape index (κ3) is 4.15. The summed E-state index contributed by atoms with van der Waals surface area (Å²) >= 11 is 0. The number of nitrogens with one attached hydrogen (secondary N) is 1. The van der Waals surface area contributed by atoms with Gasteiger partial charge >= 0.3 is 0 Å². The molecule has 134 valence electrons. The Labute approximate surface area is 144 Å². The van der Waals surface area contributed by atoms with Crippen molar-refractivity contribution in [3.63, 3.8) is 0 Å². The van der Waals surface area contributed by atoms with Crippen LogP contribution in [-0.4, -0.2) is 39.4 Å². The fraction of sp³-hybridized carbons (Fsp3) is 0.833. The van der Waals surface area contributed by atoms with Gasteiger partial charge in [0.15, 0.2) is 0 Å². The van der Waals surface area contributed by atoms with E-state index < -0.39 is 0 Å². The molecule has 1 saturated carbocycles. The number of rotatable bonds is 7. The Bertz CT molecular complexity index is 557. The number of amides is 1. The molecule has 1 aliphatic heterocycles. The zero-order valence-corrected chi connectivity index (χ0v) is 15.0. The minimum absolute atomic E-state index is 0.0110. The van der Waals surface area contributed by atoms with Gasteiger partial charge in [-0.2, -0.15) is 0 Å². The lowest BCUT2D eigenvalue weighted by Gasteiger charge is -2.29. The van der Waals surface area contributed by atoms with Crippen molar-refractivity contribution in [2.24, 2.45) is 5.92 Å². The van der Waals surface area contributed by atoms with E-state index in [0.29, 0.717) is 12.5 Å². The van der Waals surface area contributed by atoms with Gasteiger partial charge in [-0.25, -0.2) is 0 Å². The smallest absolute Gasteiger partial charge is 0.249 e. The van der Waals surface area contributed by atoms with E-state index in [1.165, 1.54) is 12.8 Å².